The second-order valence-electron chi connectivity index (χ2n) is 5.76. The van der Waals surface area contributed by atoms with Gasteiger partial charge in [0.1, 0.15) is 0 Å². The second-order valence-corrected chi connectivity index (χ2v) is 6.61. The maximum absolute atomic E-state index is 13.0. The number of benzene rings is 1. The number of hydrogen-bond acceptors (Lipinski definition) is 2. The molecule has 0 radical (unpaired) electrons. The highest BCUT2D eigenvalue weighted by Gasteiger charge is 2.36. The van der Waals surface area contributed by atoms with Gasteiger partial charge in [-0.3, -0.25) is 4.68 Å². The van der Waals surface area contributed by atoms with Crippen molar-refractivity contribution in [3.8, 4) is 0 Å². The lowest BCUT2D eigenvalue weighted by atomic mass is 10.1. The van der Waals surface area contributed by atoms with Crippen molar-refractivity contribution >= 4 is 21.9 Å². The number of alkyl halides is 3. The highest BCUT2D eigenvalue weighted by molar-refractivity contribution is 9.10. The molecule has 0 amide bonds. The predicted molar refractivity (Wildman–Crippen MR) is 98.7 cm³/mol. The van der Waals surface area contributed by atoms with Crippen molar-refractivity contribution in [2.24, 2.45) is 12.0 Å². The minimum absolute atomic E-state index is 0.0331. The molecular weight excluding hydrogens is 411 g/mol. The van der Waals surface area contributed by atoms with E-state index in [0.29, 0.717) is 12.5 Å². The molecule has 0 saturated carbocycles. The summed E-state index contributed by atoms with van der Waals surface area (Å²) in [5.41, 5.74) is 0.152. The number of nitrogens with zero attached hydrogens (tertiary/aromatic N) is 3. The summed E-state index contributed by atoms with van der Waals surface area (Å²) in [6.45, 7) is 4.32. The summed E-state index contributed by atoms with van der Waals surface area (Å²) in [7, 11) is 1.46. The molecule has 1 atom stereocenters. The third-order valence-electron chi connectivity index (χ3n) is 3.65. The molecule has 26 heavy (non-hydrogen) atoms. The standard InChI is InChI=1S/C17H21BrF3N5/c1-4-22-16(24-11(2)13-7-5-6-8-14(13)18)23-9-12-10-26(3)25-15(12)17(19,20)21/h5-8,10-11H,4,9H2,1-3H3,(H2,22,23,24). The lowest BCUT2D eigenvalue weighted by molar-refractivity contribution is -0.142. The summed E-state index contributed by atoms with van der Waals surface area (Å²) in [6.07, 6.45) is -3.16. The Bertz CT molecular complexity index is 770. The molecule has 2 N–H and O–H groups in total. The van der Waals surface area contributed by atoms with Crippen LogP contribution in [-0.4, -0.2) is 22.3 Å². The molecule has 1 aromatic heterocycles. The molecular formula is C17H21BrF3N5. The Morgan fingerprint density at radius 2 is 2.04 bits per heavy atom. The van der Waals surface area contributed by atoms with Crippen LogP contribution in [0.3, 0.4) is 0 Å². The zero-order valence-corrected chi connectivity index (χ0v) is 16.3. The topological polar surface area (TPSA) is 54.2 Å². The zero-order valence-electron chi connectivity index (χ0n) is 14.7. The first-order valence-electron chi connectivity index (χ1n) is 8.11. The van der Waals surface area contributed by atoms with Crippen molar-refractivity contribution in [1.29, 1.82) is 0 Å². The smallest absolute Gasteiger partial charge is 0.357 e. The van der Waals surface area contributed by atoms with Gasteiger partial charge in [-0.2, -0.15) is 18.3 Å². The fourth-order valence-corrected chi connectivity index (χ4v) is 3.11. The van der Waals surface area contributed by atoms with E-state index < -0.39 is 11.9 Å². The van der Waals surface area contributed by atoms with Crippen LogP contribution in [0.2, 0.25) is 0 Å². The first kappa shape index (κ1) is 20.3. The van der Waals surface area contributed by atoms with Gasteiger partial charge in [-0.25, -0.2) is 4.99 Å². The van der Waals surface area contributed by atoms with Gasteiger partial charge < -0.3 is 10.6 Å². The average molecular weight is 432 g/mol. The van der Waals surface area contributed by atoms with E-state index in [1.807, 2.05) is 38.1 Å². The van der Waals surface area contributed by atoms with E-state index in [0.717, 1.165) is 14.7 Å². The molecule has 5 nitrogen and oxygen atoms in total. The summed E-state index contributed by atoms with van der Waals surface area (Å²) < 4.78 is 41.2. The summed E-state index contributed by atoms with van der Waals surface area (Å²) in [5, 5.41) is 9.77. The average Bonchev–Trinajstić information content (AvgIpc) is 2.94. The van der Waals surface area contributed by atoms with E-state index in [2.05, 4.69) is 36.7 Å². The van der Waals surface area contributed by atoms with Gasteiger partial charge in [0.15, 0.2) is 11.7 Å². The number of aliphatic imine (C=N–C) groups is 1. The van der Waals surface area contributed by atoms with Gasteiger partial charge in [0.2, 0.25) is 0 Å². The number of nitrogens with one attached hydrogen (secondary N) is 2. The van der Waals surface area contributed by atoms with Gasteiger partial charge in [-0.15, -0.1) is 0 Å². The molecule has 2 aromatic rings. The molecule has 0 spiro atoms. The van der Waals surface area contributed by atoms with Crippen molar-refractivity contribution in [2.75, 3.05) is 6.54 Å². The van der Waals surface area contributed by atoms with Crippen molar-refractivity contribution in [2.45, 2.75) is 32.6 Å². The molecule has 0 saturated heterocycles. The van der Waals surface area contributed by atoms with Crippen LogP contribution in [-0.2, 0) is 19.8 Å². The lowest BCUT2D eigenvalue weighted by Gasteiger charge is -2.19. The second kappa shape index (κ2) is 8.57. The van der Waals surface area contributed by atoms with Crippen LogP contribution >= 0.6 is 15.9 Å². The number of hydrogen-bond donors (Lipinski definition) is 2. The Hall–Kier alpha value is -2.03. The molecule has 1 aromatic carbocycles. The summed E-state index contributed by atoms with van der Waals surface area (Å²) in [5.74, 6) is 0.438. The third-order valence-corrected chi connectivity index (χ3v) is 4.37. The van der Waals surface area contributed by atoms with E-state index in [4.69, 9.17) is 0 Å². The van der Waals surface area contributed by atoms with Crippen LogP contribution in [0.1, 0.15) is 36.7 Å². The molecule has 0 aliphatic heterocycles. The Kier molecular flexibility index (Phi) is 6.69. The van der Waals surface area contributed by atoms with Gasteiger partial charge in [0.25, 0.3) is 0 Å². The van der Waals surface area contributed by atoms with Gasteiger partial charge in [-0.1, -0.05) is 34.1 Å². The minimum Gasteiger partial charge on any atom is -0.357 e. The summed E-state index contributed by atoms with van der Waals surface area (Å²) in [6, 6.07) is 7.66. The maximum Gasteiger partial charge on any atom is 0.435 e. The monoisotopic (exact) mass is 431 g/mol. The Labute approximate surface area is 158 Å². The Morgan fingerprint density at radius 1 is 1.35 bits per heavy atom. The SMILES string of the molecule is CCNC(=NCc1cn(C)nc1C(F)(F)F)NC(C)c1ccccc1Br. The van der Waals surface area contributed by atoms with Crippen LogP contribution in [0.5, 0.6) is 0 Å². The van der Waals surface area contributed by atoms with Gasteiger partial charge in [0, 0.05) is 29.8 Å². The van der Waals surface area contributed by atoms with Gasteiger partial charge >= 0.3 is 6.18 Å². The first-order valence-corrected chi connectivity index (χ1v) is 8.90. The quantitative estimate of drug-likeness (QED) is 0.555. The molecule has 1 unspecified atom stereocenters. The van der Waals surface area contributed by atoms with Crippen LogP contribution < -0.4 is 10.6 Å². The molecule has 9 heteroatoms. The maximum atomic E-state index is 13.0. The largest absolute Gasteiger partial charge is 0.435 e. The zero-order chi connectivity index (χ0) is 19.3. The number of aromatic nitrogens is 2. The van der Waals surface area contributed by atoms with E-state index >= 15 is 0 Å². The van der Waals surface area contributed by atoms with Gasteiger partial charge in [0.05, 0.1) is 12.6 Å². The van der Waals surface area contributed by atoms with E-state index in [1.54, 1.807) is 0 Å². The normalized spacial score (nSPS) is 13.6. The molecule has 0 aliphatic rings. The Morgan fingerprint density at radius 3 is 2.65 bits per heavy atom. The fraction of sp³-hybridized carbons (Fsp3) is 0.412. The van der Waals surface area contributed by atoms with Crippen molar-refractivity contribution in [1.82, 2.24) is 20.4 Å². The Balaban J connectivity index is 2.19. The van der Waals surface area contributed by atoms with Crippen LogP contribution in [0.25, 0.3) is 0 Å². The number of rotatable bonds is 5. The minimum atomic E-state index is -4.50. The highest BCUT2D eigenvalue weighted by atomic mass is 79.9. The summed E-state index contributed by atoms with van der Waals surface area (Å²) >= 11 is 3.50. The van der Waals surface area contributed by atoms with Crippen LogP contribution in [0.15, 0.2) is 39.9 Å². The molecule has 0 bridgehead atoms. The number of aryl methyl sites for hydroxylation is 1. The molecule has 0 aliphatic carbocycles. The van der Waals surface area contributed by atoms with Crippen molar-refractivity contribution < 1.29 is 13.2 Å². The predicted octanol–water partition coefficient (Wildman–Crippen LogP) is 4.02. The molecule has 2 rings (SSSR count). The van der Waals surface area contributed by atoms with Crippen molar-refractivity contribution in [3.05, 3.63) is 51.8 Å². The molecule has 1 heterocycles. The lowest BCUT2D eigenvalue weighted by Crippen LogP contribution is -2.38. The van der Waals surface area contributed by atoms with Crippen LogP contribution in [0, 0.1) is 0 Å². The van der Waals surface area contributed by atoms with Crippen molar-refractivity contribution in [3.63, 3.8) is 0 Å². The molecule has 0 fully saturated rings. The van der Waals surface area contributed by atoms with Gasteiger partial charge in [-0.05, 0) is 25.5 Å². The third kappa shape index (κ3) is 5.23. The fourth-order valence-electron chi connectivity index (χ4n) is 2.49. The number of halogens is 4. The van der Waals surface area contributed by atoms with E-state index in [-0.39, 0.29) is 18.2 Å². The number of guanidine groups is 1. The molecule has 142 valence electrons. The van der Waals surface area contributed by atoms with Crippen LogP contribution in [0.4, 0.5) is 13.2 Å². The first-order chi connectivity index (χ1) is 12.2. The summed E-state index contributed by atoms with van der Waals surface area (Å²) in [4.78, 5) is 4.29. The van der Waals surface area contributed by atoms with E-state index in [9.17, 15) is 13.2 Å². The highest BCUT2D eigenvalue weighted by Crippen LogP contribution is 2.30. The van der Waals surface area contributed by atoms with E-state index in [1.165, 1.54) is 13.2 Å².